The van der Waals surface area contributed by atoms with Crippen LogP contribution in [0.3, 0.4) is 0 Å². The van der Waals surface area contributed by atoms with Gasteiger partial charge in [-0.05, 0) is 5.56 Å². The van der Waals surface area contributed by atoms with Gasteiger partial charge < -0.3 is 10.0 Å². The van der Waals surface area contributed by atoms with Crippen molar-refractivity contribution in [2.75, 3.05) is 6.54 Å². The molecule has 2 aromatic carbocycles. The molecular weight excluding hydrogens is 302 g/mol. The number of aliphatic hydroxyl groups is 1. The van der Waals surface area contributed by atoms with Crippen LogP contribution in [0.1, 0.15) is 17.2 Å². The molecule has 1 aliphatic rings. The van der Waals surface area contributed by atoms with Crippen molar-refractivity contribution in [3.8, 4) is 0 Å². The molecule has 1 amide bonds. The highest BCUT2D eigenvalue weighted by Crippen LogP contribution is 2.38. The molecule has 1 atom stereocenters. The highest BCUT2D eigenvalue weighted by atomic mass is 16.3. The molecule has 1 aliphatic heterocycles. The molecule has 24 heavy (non-hydrogen) atoms. The first-order valence-electron chi connectivity index (χ1n) is 7.65. The highest BCUT2D eigenvalue weighted by molar-refractivity contribution is 6.46. The van der Waals surface area contributed by atoms with Crippen LogP contribution < -0.4 is 0 Å². The number of hydrogen-bond donors (Lipinski definition) is 1. The topological polar surface area (TPSA) is 57.6 Å². The number of amides is 1. The van der Waals surface area contributed by atoms with Crippen molar-refractivity contribution < 1.29 is 14.7 Å². The second-order valence-corrected chi connectivity index (χ2v) is 5.52. The summed E-state index contributed by atoms with van der Waals surface area (Å²) in [6, 6.07) is 17.4. The number of likely N-dealkylation sites (tertiary alicyclic amines) is 1. The van der Waals surface area contributed by atoms with E-state index in [1.807, 2.05) is 36.4 Å². The van der Waals surface area contributed by atoms with Gasteiger partial charge in [0.2, 0.25) is 0 Å². The Hall–Kier alpha value is -3.14. The van der Waals surface area contributed by atoms with Gasteiger partial charge in [0.05, 0.1) is 11.6 Å². The van der Waals surface area contributed by atoms with Crippen LogP contribution in [0, 0.1) is 0 Å². The minimum atomic E-state index is -0.674. The van der Waals surface area contributed by atoms with E-state index in [0.717, 1.165) is 5.56 Å². The van der Waals surface area contributed by atoms with Crippen molar-refractivity contribution in [1.82, 2.24) is 4.90 Å². The van der Waals surface area contributed by atoms with Gasteiger partial charge in [-0.2, -0.15) is 0 Å². The molecule has 0 spiro atoms. The predicted octanol–water partition coefficient (Wildman–Crippen LogP) is 3.29. The van der Waals surface area contributed by atoms with Crippen molar-refractivity contribution >= 4 is 17.4 Å². The summed E-state index contributed by atoms with van der Waals surface area (Å²) in [7, 11) is 0. The molecule has 1 saturated heterocycles. The average molecular weight is 319 g/mol. The largest absolute Gasteiger partial charge is 0.507 e. The zero-order valence-corrected chi connectivity index (χ0v) is 13.1. The fourth-order valence-electron chi connectivity index (χ4n) is 2.94. The van der Waals surface area contributed by atoms with E-state index < -0.39 is 17.7 Å². The van der Waals surface area contributed by atoms with E-state index in [0.29, 0.717) is 5.56 Å². The normalized spacial score (nSPS) is 19.5. The highest BCUT2D eigenvalue weighted by Gasteiger charge is 2.45. The van der Waals surface area contributed by atoms with Gasteiger partial charge in [-0.15, -0.1) is 6.58 Å². The Bertz CT molecular complexity index is 809. The molecule has 120 valence electrons. The van der Waals surface area contributed by atoms with Crippen molar-refractivity contribution in [1.29, 1.82) is 0 Å². The zero-order valence-electron chi connectivity index (χ0n) is 13.1. The van der Waals surface area contributed by atoms with Gasteiger partial charge in [0.15, 0.2) is 0 Å². The number of nitrogens with zero attached hydrogens (tertiary/aromatic N) is 1. The van der Waals surface area contributed by atoms with Crippen LogP contribution in [0.15, 0.2) is 78.9 Å². The predicted molar refractivity (Wildman–Crippen MR) is 92.1 cm³/mol. The fourth-order valence-corrected chi connectivity index (χ4v) is 2.94. The summed E-state index contributed by atoms with van der Waals surface area (Å²) in [4.78, 5) is 26.4. The first kappa shape index (κ1) is 15.7. The number of carbonyl (C=O) groups is 2. The van der Waals surface area contributed by atoms with Gasteiger partial charge in [-0.1, -0.05) is 66.7 Å². The Morgan fingerprint density at radius 2 is 1.62 bits per heavy atom. The van der Waals surface area contributed by atoms with E-state index in [2.05, 4.69) is 6.58 Å². The molecule has 4 nitrogen and oxygen atoms in total. The molecule has 0 radical (unpaired) electrons. The van der Waals surface area contributed by atoms with Crippen LogP contribution in [0.25, 0.3) is 5.76 Å². The molecule has 1 N–H and O–H groups in total. The number of benzene rings is 2. The van der Waals surface area contributed by atoms with Crippen molar-refractivity contribution in [2.45, 2.75) is 6.04 Å². The number of hydrogen-bond acceptors (Lipinski definition) is 3. The van der Waals surface area contributed by atoms with Crippen molar-refractivity contribution in [3.05, 3.63) is 90.0 Å². The molecule has 2 aromatic rings. The van der Waals surface area contributed by atoms with Crippen LogP contribution in [-0.2, 0) is 9.59 Å². The Kier molecular flexibility index (Phi) is 4.29. The number of aliphatic hydroxyl groups excluding tert-OH is 1. The first-order chi connectivity index (χ1) is 11.6. The third-order valence-corrected chi connectivity index (χ3v) is 4.03. The van der Waals surface area contributed by atoms with E-state index in [1.165, 1.54) is 4.90 Å². The lowest BCUT2D eigenvalue weighted by molar-refractivity contribution is -0.139. The molecule has 0 aliphatic carbocycles. The average Bonchev–Trinajstić information content (AvgIpc) is 2.88. The van der Waals surface area contributed by atoms with Gasteiger partial charge in [0.25, 0.3) is 11.7 Å². The Balaban J connectivity index is 2.20. The van der Waals surface area contributed by atoms with E-state index in [9.17, 15) is 14.7 Å². The summed E-state index contributed by atoms with van der Waals surface area (Å²) < 4.78 is 0. The van der Waals surface area contributed by atoms with Gasteiger partial charge >= 0.3 is 0 Å². The van der Waals surface area contributed by atoms with Crippen LogP contribution in [-0.4, -0.2) is 28.2 Å². The summed E-state index contributed by atoms with van der Waals surface area (Å²) in [5.74, 6) is -1.46. The lowest BCUT2D eigenvalue weighted by Gasteiger charge is -2.24. The van der Waals surface area contributed by atoms with Crippen LogP contribution >= 0.6 is 0 Å². The number of rotatable bonds is 4. The van der Waals surface area contributed by atoms with Crippen LogP contribution in [0.2, 0.25) is 0 Å². The smallest absolute Gasteiger partial charge is 0.295 e. The van der Waals surface area contributed by atoms with Crippen LogP contribution in [0.4, 0.5) is 0 Å². The second-order valence-electron chi connectivity index (χ2n) is 5.52. The quantitative estimate of drug-likeness (QED) is 0.407. The minimum absolute atomic E-state index is 0.110. The Morgan fingerprint density at radius 3 is 2.21 bits per heavy atom. The summed E-state index contributed by atoms with van der Waals surface area (Å²) in [6.45, 7) is 3.89. The first-order valence-corrected chi connectivity index (χ1v) is 7.65. The third kappa shape index (κ3) is 2.63. The molecule has 1 heterocycles. The SMILES string of the molecule is C=CCN1C(=O)C(=O)C(=C(O)c2ccccc2)[C@H]1c1ccccc1. The maximum absolute atomic E-state index is 12.5. The van der Waals surface area contributed by atoms with Gasteiger partial charge in [0, 0.05) is 12.1 Å². The van der Waals surface area contributed by atoms with E-state index >= 15 is 0 Å². The molecule has 0 saturated carbocycles. The summed E-state index contributed by atoms with van der Waals surface area (Å²) >= 11 is 0. The third-order valence-electron chi connectivity index (χ3n) is 4.03. The number of carbonyl (C=O) groups excluding carboxylic acids is 2. The van der Waals surface area contributed by atoms with Crippen molar-refractivity contribution in [3.63, 3.8) is 0 Å². The van der Waals surface area contributed by atoms with Gasteiger partial charge in [-0.3, -0.25) is 9.59 Å². The fraction of sp³-hybridized carbons (Fsp3) is 0.100. The second kappa shape index (κ2) is 6.54. The van der Waals surface area contributed by atoms with E-state index in [1.54, 1.807) is 30.3 Å². The maximum atomic E-state index is 12.5. The number of Topliss-reactive ketones (excluding diaryl/α,β-unsaturated/α-hetero) is 1. The van der Waals surface area contributed by atoms with E-state index in [4.69, 9.17) is 0 Å². The van der Waals surface area contributed by atoms with Crippen molar-refractivity contribution in [2.24, 2.45) is 0 Å². The van der Waals surface area contributed by atoms with E-state index in [-0.39, 0.29) is 17.9 Å². The summed E-state index contributed by atoms with van der Waals surface area (Å²) in [6.07, 6.45) is 1.57. The van der Waals surface area contributed by atoms with Gasteiger partial charge in [0.1, 0.15) is 5.76 Å². The molecule has 0 aromatic heterocycles. The Morgan fingerprint density at radius 1 is 1.04 bits per heavy atom. The standard InChI is InChI=1S/C20H17NO3/c1-2-13-21-17(14-9-5-3-6-10-14)16(19(23)20(21)24)18(22)15-11-7-4-8-12-15/h2-12,17,22H,1,13H2/t17-/m1/s1. The lowest BCUT2D eigenvalue weighted by atomic mass is 9.95. The van der Waals surface area contributed by atoms with Crippen LogP contribution in [0.5, 0.6) is 0 Å². The molecule has 0 unspecified atom stereocenters. The molecule has 0 bridgehead atoms. The van der Waals surface area contributed by atoms with Gasteiger partial charge in [-0.25, -0.2) is 0 Å². The Labute approximate surface area is 140 Å². The molecule has 4 heteroatoms. The monoisotopic (exact) mass is 319 g/mol. The summed E-state index contributed by atoms with van der Waals surface area (Å²) in [5.41, 5.74) is 1.39. The molecule has 1 fully saturated rings. The minimum Gasteiger partial charge on any atom is -0.507 e. The molecular formula is C20H17NO3. The number of ketones is 1. The zero-order chi connectivity index (χ0) is 17.1. The maximum Gasteiger partial charge on any atom is 0.295 e. The lowest BCUT2D eigenvalue weighted by Crippen LogP contribution is -2.29. The molecule has 3 rings (SSSR count). The summed E-state index contributed by atoms with van der Waals surface area (Å²) in [5, 5.41) is 10.7.